The lowest BCUT2D eigenvalue weighted by molar-refractivity contribution is -0.138. The average Bonchev–Trinajstić information content (AvgIpc) is 2.75. The van der Waals surface area contributed by atoms with Gasteiger partial charge in [0, 0.05) is 12.0 Å². The Hall–Kier alpha value is -3.13. The normalized spacial score (nSPS) is 10.7. The fourth-order valence-electron chi connectivity index (χ4n) is 3.58. The van der Waals surface area contributed by atoms with Crippen molar-refractivity contribution < 1.29 is 9.53 Å². The second kappa shape index (κ2) is 9.58. The van der Waals surface area contributed by atoms with Crippen LogP contribution in [0.25, 0.3) is 22.3 Å². The molecular formula is C28H30O2. The summed E-state index contributed by atoms with van der Waals surface area (Å²) in [6, 6.07) is 22.0. The fourth-order valence-corrected chi connectivity index (χ4v) is 3.58. The van der Waals surface area contributed by atoms with E-state index in [0.717, 1.165) is 6.42 Å². The summed E-state index contributed by atoms with van der Waals surface area (Å²) in [5.74, 6) is -0.330. The molecule has 0 N–H and O–H groups in total. The number of carbonyl (C=O) groups excluding carboxylic acids is 1. The first-order valence-corrected chi connectivity index (χ1v) is 10.5. The van der Waals surface area contributed by atoms with Gasteiger partial charge in [-0.25, -0.2) is 4.79 Å². The van der Waals surface area contributed by atoms with Gasteiger partial charge in [-0.1, -0.05) is 79.7 Å². The van der Waals surface area contributed by atoms with Gasteiger partial charge >= 0.3 is 5.97 Å². The summed E-state index contributed by atoms with van der Waals surface area (Å²) in [6.07, 6.45) is 1.66. The highest BCUT2D eigenvalue weighted by Gasteiger charge is 2.10. The maximum Gasteiger partial charge on any atom is 0.333 e. The third-order valence-corrected chi connectivity index (χ3v) is 5.48. The summed E-state index contributed by atoms with van der Waals surface area (Å²) in [7, 11) is 0. The Morgan fingerprint density at radius 2 is 1.50 bits per heavy atom. The van der Waals surface area contributed by atoms with Crippen molar-refractivity contribution in [1.82, 2.24) is 0 Å². The molecule has 0 aliphatic heterocycles. The van der Waals surface area contributed by atoms with E-state index in [9.17, 15) is 4.79 Å². The molecule has 0 aliphatic rings. The lowest BCUT2D eigenvalue weighted by Crippen LogP contribution is -2.08. The highest BCUT2D eigenvalue weighted by atomic mass is 16.5. The van der Waals surface area contributed by atoms with Crippen LogP contribution in [0.5, 0.6) is 0 Å². The third kappa shape index (κ3) is 5.07. The number of rotatable bonds is 7. The van der Waals surface area contributed by atoms with Crippen molar-refractivity contribution in [3.8, 4) is 22.3 Å². The number of hydrogen-bond acceptors (Lipinski definition) is 2. The summed E-state index contributed by atoms with van der Waals surface area (Å²) < 4.78 is 5.29. The quantitative estimate of drug-likeness (QED) is 0.321. The van der Waals surface area contributed by atoms with E-state index in [1.54, 1.807) is 6.92 Å². The fraction of sp³-hybridized carbons (Fsp3) is 0.250. The largest absolute Gasteiger partial charge is 0.462 e. The summed E-state index contributed by atoms with van der Waals surface area (Å²) in [5, 5.41) is 0. The molecule has 0 aliphatic carbocycles. The molecule has 30 heavy (non-hydrogen) atoms. The average molecular weight is 399 g/mol. The van der Waals surface area contributed by atoms with Crippen LogP contribution in [0.15, 0.2) is 72.8 Å². The van der Waals surface area contributed by atoms with Crippen LogP contribution < -0.4 is 0 Å². The molecule has 0 spiro atoms. The smallest absolute Gasteiger partial charge is 0.333 e. The van der Waals surface area contributed by atoms with Crippen LogP contribution in [0.1, 0.15) is 36.1 Å². The lowest BCUT2D eigenvalue weighted by atomic mass is 9.91. The first-order valence-electron chi connectivity index (χ1n) is 10.5. The molecule has 0 aromatic heterocycles. The molecule has 3 aromatic rings. The zero-order valence-electron chi connectivity index (χ0n) is 18.4. The standard InChI is InChI=1S/C28H30O2/c1-6-22-17-25(23-10-7-20(4)8-11-23)13-14-27(22)26-12-9-21(5)24(18-26)15-16-30-28(29)19(2)3/h7-14,17-18H,2,6,15-16H2,1,3-5H3. The second-order valence-corrected chi connectivity index (χ2v) is 7.90. The number of benzene rings is 3. The van der Waals surface area contributed by atoms with Crippen LogP contribution in [-0.4, -0.2) is 12.6 Å². The number of hydrogen-bond donors (Lipinski definition) is 0. The molecule has 0 amide bonds. The third-order valence-electron chi connectivity index (χ3n) is 5.48. The highest BCUT2D eigenvalue weighted by molar-refractivity contribution is 5.86. The van der Waals surface area contributed by atoms with Crippen molar-refractivity contribution in [1.29, 1.82) is 0 Å². The van der Waals surface area contributed by atoms with Gasteiger partial charge in [-0.3, -0.25) is 0 Å². The van der Waals surface area contributed by atoms with E-state index in [-0.39, 0.29) is 5.97 Å². The Bertz CT molecular complexity index is 1060. The maximum atomic E-state index is 11.6. The lowest BCUT2D eigenvalue weighted by Gasteiger charge is -2.14. The molecular weight excluding hydrogens is 368 g/mol. The van der Waals surface area contributed by atoms with Gasteiger partial charge in [0.15, 0.2) is 0 Å². The molecule has 0 heterocycles. The van der Waals surface area contributed by atoms with E-state index >= 15 is 0 Å². The summed E-state index contributed by atoms with van der Waals surface area (Å²) in [4.78, 5) is 11.6. The second-order valence-electron chi connectivity index (χ2n) is 7.90. The van der Waals surface area contributed by atoms with Crippen molar-refractivity contribution >= 4 is 5.97 Å². The molecule has 0 atom stereocenters. The van der Waals surface area contributed by atoms with Crippen LogP contribution in [0, 0.1) is 13.8 Å². The highest BCUT2D eigenvalue weighted by Crippen LogP contribution is 2.31. The molecule has 0 unspecified atom stereocenters. The van der Waals surface area contributed by atoms with Crippen molar-refractivity contribution in [2.24, 2.45) is 0 Å². The first-order chi connectivity index (χ1) is 14.4. The zero-order chi connectivity index (χ0) is 21.7. The van der Waals surface area contributed by atoms with E-state index in [4.69, 9.17) is 4.74 Å². The predicted octanol–water partition coefficient (Wildman–Crippen LogP) is 6.86. The van der Waals surface area contributed by atoms with E-state index in [1.165, 1.54) is 44.5 Å². The van der Waals surface area contributed by atoms with E-state index < -0.39 is 0 Å². The molecule has 0 radical (unpaired) electrons. The minimum atomic E-state index is -0.330. The van der Waals surface area contributed by atoms with Crippen molar-refractivity contribution in [2.45, 2.75) is 40.5 Å². The molecule has 3 rings (SSSR count). The number of aryl methyl sites for hydroxylation is 3. The Balaban J connectivity index is 1.86. The Kier molecular flexibility index (Phi) is 6.89. The van der Waals surface area contributed by atoms with Crippen LogP contribution in [-0.2, 0) is 22.4 Å². The van der Waals surface area contributed by atoms with Crippen molar-refractivity contribution in [2.75, 3.05) is 6.61 Å². The minimum Gasteiger partial charge on any atom is -0.462 e. The Morgan fingerprint density at radius 1 is 0.867 bits per heavy atom. The van der Waals surface area contributed by atoms with Crippen LogP contribution in [0.4, 0.5) is 0 Å². The summed E-state index contributed by atoms with van der Waals surface area (Å²) in [5.41, 5.74) is 10.4. The molecule has 2 heteroatoms. The molecule has 3 aromatic carbocycles. The van der Waals surface area contributed by atoms with Gasteiger partial charge in [-0.2, -0.15) is 0 Å². The predicted molar refractivity (Wildman–Crippen MR) is 126 cm³/mol. The van der Waals surface area contributed by atoms with Gasteiger partial charge in [0.1, 0.15) is 0 Å². The molecule has 154 valence electrons. The van der Waals surface area contributed by atoms with Crippen LogP contribution in [0.2, 0.25) is 0 Å². The van der Waals surface area contributed by atoms with E-state index in [2.05, 4.69) is 88.0 Å². The SMILES string of the molecule is C=C(C)C(=O)OCCc1cc(-c2ccc(-c3ccc(C)cc3)cc2CC)ccc1C. The molecule has 0 bridgehead atoms. The van der Waals surface area contributed by atoms with Crippen LogP contribution >= 0.6 is 0 Å². The first kappa shape index (κ1) is 21.6. The molecule has 0 saturated carbocycles. The van der Waals surface area contributed by atoms with Gasteiger partial charge in [0.25, 0.3) is 0 Å². The maximum absolute atomic E-state index is 11.6. The number of carbonyl (C=O) groups is 1. The summed E-state index contributed by atoms with van der Waals surface area (Å²) >= 11 is 0. The minimum absolute atomic E-state index is 0.330. The van der Waals surface area contributed by atoms with Crippen molar-refractivity contribution in [3.63, 3.8) is 0 Å². The van der Waals surface area contributed by atoms with Gasteiger partial charge in [0.05, 0.1) is 6.61 Å². The number of esters is 1. The van der Waals surface area contributed by atoms with Gasteiger partial charge < -0.3 is 4.74 Å². The van der Waals surface area contributed by atoms with Gasteiger partial charge in [0.2, 0.25) is 0 Å². The Morgan fingerprint density at radius 3 is 2.17 bits per heavy atom. The van der Waals surface area contributed by atoms with E-state index in [1.807, 2.05) is 0 Å². The molecule has 0 saturated heterocycles. The summed E-state index contributed by atoms with van der Waals surface area (Å²) in [6.45, 7) is 12.1. The van der Waals surface area contributed by atoms with Gasteiger partial charge in [-0.05, 0) is 66.1 Å². The topological polar surface area (TPSA) is 26.3 Å². The molecule has 2 nitrogen and oxygen atoms in total. The monoisotopic (exact) mass is 398 g/mol. The zero-order valence-corrected chi connectivity index (χ0v) is 18.4. The van der Waals surface area contributed by atoms with Crippen LogP contribution in [0.3, 0.4) is 0 Å². The molecule has 0 fully saturated rings. The van der Waals surface area contributed by atoms with E-state index in [0.29, 0.717) is 18.6 Å². The Labute approximate surface area is 180 Å². The van der Waals surface area contributed by atoms with Crippen molar-refractivity contribution in [3.05, 3.63) is 95.1 Å². The number of ether oxygens (including phenoxy) is 1. The van der Waals surface area contributed by atoms with Gasteiger partial charge in [-0.15, -0.1) is 0 Å².